The Hall–Kier alpha value is -3.11. The van der Waals surface area contributed by atoms with Crippen molar-refractivity contribution in [3.63, 3.8) is 0 Å². The zero-order valence-corrected chi connectivity index (χ0v) is 17.0. The smallest absolute Gasteiger partial charge is 0.241 e. The number of carbonyl (C=O) groups is 1. The summed E-state index contributed by atoms with van der Waals surface area (Å²) in [6.07, 6.45) is 4.47. The number of nitrogens with zero attached hydrogens (tertiary/aromatic N) is 7. The van der Waals surface area contributed by atoms with E-state index in [1.165, 1.54) is 0 Å². The monoisotopic (exact) mass is 410 g/mol. The van der Waals surface area contributed by atoms with E-state index in [2.05, 4.69) is 43.0 Å². The van der Waals surface area contributed by atoms with Crippen LogP contribution in [0.25, 0.3) is 0 Å². The van der Waals surface area contributed by atoms with Crippen LogP contribution >= 0.6 is 0 Å². The maximum absolute atomic E-state index is 12.5. The Morgan fingerprint density at radius 3 is 2.77 bits per heavy atom. The quantitative estimate of drug-likeness (QED) is 0.565. The second kappa shape index (κ2) is 9.59. The summed E-state index contributed by atoms with van der Waals surface area (Å²) < 4.78 is 8.85. The van der Waals surface area contributed by atoms with E-state index in [4.69, 9.17) is 4.74 Å². The molecule has 4 rings (SSSR count). The molecule has 1 saturated heterocycles. The Bertz CT molecular complexity index is 949. The summed E-state index contributed by atoms with van der Waals surface area (Å²) >= 11 is 0. The lowest BCUT2D eigenvalue weighted by Gasteiger charge is -2.33. The predicted octanol–water partition coefficient (Wildman–Crippen LogP) is 0.187. The highest BCUT2D eigenvalue weighted by Crippen LogP contribution is 2.27. The minimum atomic E-state index is -0.131. The molecule has 3 heterocycles. The van der Waals surface area contributed by atoms with Crippen LogP contribution < -0.4 is 5.32 Å². The highest BCUT2D eigenvalue weighted by Gasteiger charge is 2.29. The second-order valence-corrected chi connectivity index (χ2v) is 7.28. The van der Waals surface area contributed by atoms with Gasteiger partial charge in [0.1, 0.15) is 6.54 Å². The molecule has 2 aromatic heterocycles. The summed E-state index contributed by atoms with van der Waals surface area (Å²) in [6, 6.07) is 9.98. The summed E-state index contributed by atoms with van der Waals surface area (Å²) in [5.41, 5.74) is 2.17. The van der Waals surface area contributed by atoms with Crippen LogP contribution in [0.5, 0.6) is 0 Å². The lowest BCUT2D eigenvalue weighted by molar-refractivity contribution is -0.121. The zero-order valence-electron chi connectivity index (χ0n) is 17.0. The molecule has 1 amide bonds. The van der Waals surface area contributed by atoms with Crippen molar-refractivity contribution in [2.24, 2.45) is 7.05 Å². The summed E-state index contributed by atoms with van der Waals surface area (Å²) in [5.74, 6) is 0.534. The number of tetrazole rings is 1. The Balaban J connectivity index is 1.45. The molecule has 30 heavy (non-hydrogen) atoms. The first-order valence-electron chi connectivity index (χ1n) is 10.1. The van der Waals surface area contributed by atoms with Gasteiger partial charge in [0, 0.05) is 32.9 Å². The molecule has 10 nitrogen and oxygen atoms in total. The molecule has 0 saturated carbocycles. The molecule has 1 aliphatic rings. The van der Waals surface area contributed by atoms with E-state index in [0.717, 1.165) is 30.6 Å². The number of ether oxygens (including phenoxy) is 1. The largest absolute Gasteiger partial charge is 0.379 e. The van der Waals surface area contributed by atoms with E-state index in [-0.39, 0.29) is 18.5 Å². The average Bonchev–Trinajstić information content (AvgIpc) is 3.39. The third-order valence-corrected chi connectivity index (χ3v) is 5.12. The van der Waals surface area contributed by atoms with Crippen molar-refractivity contribution < 1.29 is 9.53 Å². The summed E-state index contributed by atoms with van der Waals surface area (Å²) in [7, 11) is 1.87. The van der Waals surface area contributed by atoms with Crippen LogP contribution in [0.2, 0.25) is 0 Å². The molecule has 158 valence electrons. The fourth-order valence-electron chi connectivity index (χ4n) is 3.65. The minimum Gasteiger partial charge on any atom is -0.379 e. The normalized spacial score (nSPS) is 15.8. The zero-order chi connectivity index (χ0) is 20.8. The van der Waals surface area contributed by atoms with Crippen LogP contribution in [0, 0.1) is 0 Å². The first kappa shape index (κ1) is 20.2. The van der Waals surface area contributed by atoms with Gasteiger partial charge in [0.2, 0.25) is 5.91 Å². The van der Waals surface area contributed by atoms with E-state index in [1.807, 2.05) is 31.4 Å². The van der Waals surface area contributed by atoms with Crippen molar-refractivity contribution >= 4 is 5.91 Å². The van der Waals surface area contributed by atoms with Crippen molar-refractivity contribution in [2.75, 3.05) is 32.8 Å². The van der Waals surface area contributed by atoms with Gasteiger partial charge in [-0.15, -0.1) is 5.10 Å². The highest BCUT2D eigenvalue weighted by atomic mass is 16.5. The molecule has 0 radical (unpaired) electrons. The van der Waals surface area contributed by atoms with E-state index < -0.39 is 0 Å². The van der Waals surface area contributed by atoms with E-state index in [1.54, 1.807) is 15.6 Å². The third-order valence-electron chi connectivity index (χ3n) is 5.12. The maximum atomic E-state index is 12.5. The van der Waals surface area contributed by atoms with E-state index >= 15 is 0 Å². The Kier molecular flexibility index (Phi) is 6.45. The molecule has 3 aromatic rings. The number of aromatic nitrogens is 6. The van der Waals surface area contributed by atoms with Crippen LogP contribution in [-0.4, -0.2) is 73.6 Å². The predicted molar refractivity (Wildman–Crippen MR) is 108 cm³/mol. The molecular weight excluding hydrogens is 384 g/mol. The summed E-state index contributed by atoms with van der Waals surface area (Å²) in [6.45, 7) is 3.50. The number of nitrogens with one attached hydrogen (secondary N) is 1. The van der Waals surface area contributed by atoms with E-state index in [0.29, 0.717) is 25.6 Å². The van der Waals surface area contributed by atoms with Gasteiger partial charge in [0.05, 0.1) is 25.5 Å². The molecule has 0 bridgehead atoms. The molecule has 10 heteroatoms. The lowest BCUT2D eigenvalue weighted by Crippen LogP contribution is -2.41. The fraction of sp³-hybridized carbons (Fsp3) is 0.450. The van der Waals surface area contributed by atoms with Gasteiger partial charge in [-0.05, 0) is 28.0 Å². The van der Waals surface area contributed by atoms with Gasteiger partial charge in [-0.25, -0.2) is 4.68 Å². The van der Waals surface area contributed by atoms with Crippen molar-refractivity contribution in [3.8, 4) is 0 Å². The number of hydrogen-bond acceptors (Lipinski definition) is 7. The Labute approximate surface area is 174 Å². The Morgan fingerprint density at radius 1 is 1.23 bits per heavy atom. The number of rotatable bonds is 8. The molecule has 1 unspecified atom stereocenters. The summed E-state index contributed by atoms with van der Waals surface area (Å²) in [5, 5.41) is 19.3. The van der Waals surface area contributed by atoms with Crippen LogP contribution in [0.3, 0.4) is 0 Å². The SMILES string of the molecule is Cn1cc(CCNC(=O)Cn2nnnc2C(c2ccccc2)N2CCOCC2)cn1. The van der Waals surface area contributed by atoms with Crippen molar-refractivity contribution in [1.29, 1.82) is 0 Å². The molecule has 0 aliphatic carbocycles. The van der Waals surface area contributed by atoms with Gasteiger partial charge < -0.3 is 10.1 Å². The number of amides is 1. The number of morpholine rings is 1. The van der Waals surface area contributed by atoms with Crippen LogP contribution in [-0.2, 0) is 29.5 Å². The van der Waals surface area contributed by atoms with Crippen LogP contribution in [0.1, 0.15) is 23.0 Å². The minimum absolute atomic E-state index is 0.0725. The Morgan fingerprint density at radius 2 is 2.03 bits per heavy atom. The number of carbonyl (C=O) groups excluding carboxylic acids is 1. The number of hydrogen-bond donors (Lipinski definition) is 1. The first-order valence-corrected chi connectivity index (χ1v) is 10.1. The molecule has 1 atom stereocenters. The molecule has 1 aromatic carbocycles. The molecule has 0 spiro atoms. The van der Waals surface area contributed by atoms with Gasteiger partial charge >= 0.3 is 0 Å². The second-order valence-electron chi connectivity index (χ2n) is 7.28. The molecule has 1 aliphatic heterocycles. The molecular formula is C20H26N8O2. The van der Waals surface area contributed by atoms with Crippen LogP contribution in [0.4, 0.5) is 0 Å². The van der Waals surface area contributed by atoms with Gasteiger partial charge in [-0.2, -0.15) is 5.10 Å². The van der Waals surface area contributed by atoms with Crippen molar-refractivity contribution in [2.45, 2.75) is 19.0 Å². The van der Waals surface area contributed by atoms with Gasteiger partial charge in [-0.1, -0.05) is 30.3 Å². The number of aryl methyl sites for hydroxylation is 1. The lowest BCUT2D eigenvalue weighted by atomic mass is 10.0. The fourth-order valence-corrected chi connectivity index (χ4v) is 3.65. The van der Waals surface area contributed by atoms with Gasteiger partial charge in [0.15, 0.2) is 5.82 Å². The first-order chi connectivity index (χ1) is 14.7. The summed E-state index contributed by atoms with van der Waals surface area (Å²) in [4.78, 5) is 14.8. The van der Waals surface area contributed by atoms with E-state index in [9.17, 15) is 4.79 Å². The van der Waals surface area contributed by atoms with Crippen molar-refractivity contribution in [3.05, 3.63) is 59.7 Å². The third kappa shape index (κ3) is 4.89. The average molecular weight is 410 g/mol. The van der Waals surface area contributed by atoms with Gasteiger partial charge in [0.25, 0.3) is 0 Å². The standard InChI is InChI=1S/C20H26N8O2/c1-26-14-16(13-22-26)7-8-21-18(29)15-28-20(23-24-25-28)19(17-5-3-2-4-6-17)27-9-11-30-12-10-27/h2-6,13-14,19H,7-12,15H2,1H3,(H,21,29). The molecule has 1 fully saturated rings. The van der Waals surface area contributed by atoms with Crippen molar-refractivity contribution in [1.82, 2.24) is 40.2 Å². The number of benzene rings is 1. The molecule has 1 N–H and O–H groups in total. The van der Waals surface area contributed by atoms with Gasteiger partial charge in [-0.3, -0.25) is 14.4 Å². The highest BCUT2D eigenvalue weighted by molar-refractivity contribution is 5.75. The topological polar surface area (TPSA) is 103 Å². The maximum Gasteiger partial charge on any atom is 0.241 e. The van der Waals surface area contributed by atoms with Crippen LogP contribution in [0.15, 0.2) is 42.7 Å².